The van der Waals surface area contributed by atoms with Gasteiger partial charge in [0.25, 0.3) is 0 Å². The van der Waals surface area contributed by atoms with Crippen LogP contribution in [0.2, 0.25) is 0 Å². The van der Waals surface area contributed by atoms with E-state index in [9.17, 15) is 0 Å². The van der Waals surface area contributed by atoms with Crippen molar-refractivity contribution in [2.45, 2.75) is 6.42 Å². The van der Waals surface area contributed by atoms with Gasteiger partial charge in [-0.05, 0) is 18.6 Å². The van der Waals surface area contributed by atoms with Gasteiger partial charge in [-0.25, -0.2) is 9.97 Å². The minimum absolute atomic E-state index is 0.817. The van der Waals surface area contributed by atoms with E-state index >= 15 is 0 Å². The highest BCUT2D eigenvalue weighted by Crippen LogP contribution is 2.28. The molecule has 0 unspecified atom stereocenters. The monoisotopic (exact) mass is 315 g/mol. The van der Waals surface area contributed by atoms with E-state index in [2.05, 4.69) is 49.2 Å². The van der Waals surface area contributed by atoms with Crippen LogP contribution in [0.5, 0.6) is 0 Å². The van der Waals surface area contributed by atoms with Crippen LogP contribution in [0.4, 0.5) is 5.13 Å². The number of aliphatic imine (C=N–C) groups is 1. The van der Waals surface area contributed by atoms with Crippen molar-refractivity contribution in [1.82, 2.24) is 15.3 Å². The molecule has 3 heterocycles. The molecule has 1 aromatic carbocycles. The first kappa shape index (κ1) is 12.7. The Bertz CT molecular complexity index is 804. The van der Waals surface area contributed by atoms with Crippen molar-refractivity contribution in [1.29, 1.82) is 0 Å². The Balaban J connectivity index is 1.59. The number of hydrogen-bond acceptors (Lipinski definition) is 7. The fourth-order valence-electron chi connectivity index (χ4n) is 2.20. The molecule has 3 aromatic rings. The number of rotatable bonds is 2. The highest BCUT2D eigenvalue weighted by Gasteiger charge is 2.09. The van der Waals surface area contributed by atoms with E-state index in [1.54, 1.807) is 22.7 Å². The topological polar surface area (TPSA) is 62.2 Å². The van der Waals surface area contributed by atoms with E-state index in [1.807, 2.05) is 5.51 Å². The number of fused-ring (bicyclic) bond motifs is 1. The van der Waals surface area contributed by atoms with Crippen molar-refractivity contribution in [3.63, 3.8) is 0 Å². The summed E-state index contributed by atoms with van der Waals surface area (Å²) in [5.74, 6) is 0.817. The Morgan fingerprint density at radius 3 is 3.14 bits per heavy atom. The number of thiazole rings is 2. The predicted octanol–water partition coefficient (Wildman–Crippen LogP) is 3.18. The van der Waals surface area contributed by atoms with E-state index in [0.717, 1.165) is 47.4 Å². The molecule has 2 aromatic heterocycles. The molecule has 5 nitrogen and oxygen atoms in total. The standard InChI is InChI=1S/C14H13N5S2/c1-4-15-13(16-5-1)19-14-18-11(7-20-14)9-2-3-12-10(6-9)17-8-21-12/h2-3,6-8H,1,4-5H2,(H2,15,16,18,19). The van der Waals surface area contributed by atoms with Crippen LogP contribution < -0.4 is 10.6 Å². The van der Waals surface area contributed by atoms with Gasteiger partial charge in [-0.1, -0.05) is 6.07 Å². The molecular formula is C14H13N5S2. The fourth-order valence-corrected chi connectivity index (χ4v) is 3.58. The molecule has 4 rings (SSSR count). The molecule has 7 heteroatoms. The molecule has 1 aliphatic heterocycles. The number of guanidine groups is 1. The van der Waals surface area contributed by atoms with Crippen molar-refractivity contribution >= 4 is 44.0 Å². The molecule has 0 saturated heterocycles. The molecule has 0 spiro atoms. The lowest BCUT2D eigenvalue weighted by Crippen LogP contribution is -2.35. The van der Waals surface area contributed by atoms with Crippen LogP contribution in [-0.4, -0.2) is 29.0 Å². The van der Waals surface area contributed by atoms with Gasteiger partial charge < -0.3 is 10.6 Å². The molecule has 0 amide bonds. The van der Waals surface area contributed by atoms with Gasteiger partial charge in [0.1, 0.15) is 0 Å². The molecule has 0 aliphatic carbocycles. The predicted molar refractivity (Wildman–Crippen MR) is 89.3 cm³/mol. The normalized spacial score (nSPS) is 14.8. The maximum Gasteiger partial charge on any atom is 0.197 e. The van der Waals surface area contributed by atoms with Gasteiger partial charge in [-0.2, -0.15) is 0 Å². The average molecular weight is 315 g/mol. The van der Waals surface area contributed by atoms with Crippen LogP contribution >= 0.6 is 22.7 Å². The quantitative estimate of drug-likeness (QED) is 0.762. The van der Waals surface area contributed by atoms with Crippen LogP contribution in [0.25, 0.3) is 21.5 Å². The minimum atomic E-state index is 0.817. The Hall–Kier alpha value is -1.99. The molecule has 0 bridgehead atoms. The minimum Gasteiger partial charge on any atom is -0.356 e. The van der Waals surface area contributed by atoms with Gasteiger partial charge in [-0.3, -0.25) is 4.99 Å². The van der Waals surface area contributed by atoms with Crippen LogP contribution in [0.15, 0.2) is 34.1 Å². The van der Waals surface area contributed by atoms with Crippen molar-refractivity contribution in [2.24, 2.45) is 4.99 Å². The summed E-state index contributed by atoms with van der Waals surface area (Å²) in [7, 11) is 0. The molecule has 21 heavy (non-hydrogen) atoms. The maximum atomic E-state index is 4.63. The molecule has 0 fully saturated rings. The molecule has 106 valence electrons. The number of benzene rings is 1. The zero-order chi connectivity index (χ0) is 14.1. The third-order valence-corrected chi connectivity index (χ3v) is 4.82. The zero-order valence-electron chi connectivity index (χ0n) is 11.2. The zero-order valence-corrected chi connectivity index (χ0v) is 12.8. The maximum absolute atomic E-state index is 4.63. The first-order valence-electron chi connectivity index (χ1n) is 6.73. The second kappa shape index (κ2) is 5.42. The second-order valence-corrected chi connectivity index (χ2v) is 6.45. The van der Waals surface area contributed by atoms with Crippen LogP contribution in [-0.2, 0) is 0 Å². The highest BCUT2D eigenvalue weighted by atomic mass is 32.1. The lowest BCUT2D eigenvalue weighted by molar-refractivity contribution is 0.740. The van der Waals surface area contributed by atoms with Crippen molar-refractivity contribution in [2.75, 3.05) is 18.4 Å². The molecular weight excluding hydrogens is 302 g/mol. The molecule has 0 saturated carbocycles. The summed E-state index contributed by atoms with van der Waals surface area (Å²) >= 11 is 3.24. The smallest absolute Gasteiger partial charge is 0.197 e. The summed E-state index contributed by atoms with van der Waals surface area (Å²) in [4.78, 5) is 13.4. The second-order valence-electron chi connectivity index (χ2n) is 4.71. The Morgan fingerprint density at radius 1 is 1.24 bits per heavy atom. The van der Waals surface area contributed by atoms with Gasteiger partial charge in [-0.15, -0.1) is 22.7 Å². The summed E-state index contributed by atoms with van der Waals surface area (Å²) < 4.78 is 1.20. The highest BCUT2D eigenvalue weighted by molar-refractivity contribution is 7.16. The number of aromatic nitrogens is 2. The Labute approximate surface area is 129 Å². The molecule has 0 atom stereocenters. The van der Waals surface area contributed by atoms with Crippen LogP contribution in [0.3, 0.4) is 0 Å². The van der Waals surface area contributed by atoms with E-state index in [4.69, 9.17) is 0 Å². The Kier molecular flexibility index (Phi) is 3.28. The molecule has 1 aliphatic rings. The lowest BCUT2D eigenvalue weighted by Gasteiger charge is -2.14. The van der Waals surface area contributed by atoms with Gasteiger partial charge in [0.2, 0.25) is 0 Å². The third kappa shape index (κ3) is 2.62. The van der Waals surface area contributed by atoms with Crippen LogP contribution in [0.1, 0.15) is 6.42 Å². The average Bonchev–Trinajstić information content (AvgIpc) is 3.16. The van der Waals surface area contributed by atoms with E-state index in [0.29, 0.717) is 0 Å². The van der Waals surface area contributed by atoms with Crippen molar-refractivity contribution in [3.8, 4) is 11.3 Å². The van der Waals surface area contributed by atoms with E-state index in [-0.39, 0.29) is 0 Å². The van der Waals surface area contributed by atoms with Gasteiger partial charge in [0.05, 0.1) is 21.4 Å². The van der Waals surface area contributed by atoms with E-state index in [1.165, 1.54) is 4.70 Å². The number of nitrogens with zero attached hydrogens (tertiary/aromatic N) is 3. The molecule has 2 N–H and O–H groups in total. The third-order valence-electron chi connectivity index (χ3n) is 3.25. The summed E-state index contributed by atoms with van der Waals surface area (Å²) in [6.45, 7) is 1.83. The summed E-state index contributed by atoms with van der Waals surface area (Å²) in [6, 6.07) is 6.28. The summed E-state index contributed by atoms with van der Waals surface area (Å²) in [5, 5.41) is 9.38. The SMILES string of the molecule is c1nc2cc(-c3csc(NC4=NCCCN4)n3)ccc2s1. The van der Waals surface area contributed by atoms with Gasteiger partial charge in [0, 0.05) is 24.0 Å². The van der Waals surface area contributed by atoms with Crippen molar-refractivity contribution < 1.29 is 0 Å². The van der Waals surface area contributed by atoms with E-state index < -0.39 is 0 Å². The number of hydrogen-bond donors (Lipinski definition) is 2. The fraction of sp³-hybridized carbons (Fsp3) is 0.214. The van der Waals surface area contributed by atoms with Gasteiger partial charge in [0.15, 0.2) is 11.1 Å². The first-order chi connectivity index (χ1) is 10.4. The first-order valence-corrected chi connectivity index (χ1v) is 8.49. The summed E-state index contributed by atoms with van der Waals surface area (Å²) in [5.41, 5.74) is 4.96. The largest absolute Gasteiger partial charge is 0.356 e. The lowest BCUT2D eigenvalue weighted by atomic mass is 10.2. The number of anilines is 1. The van der Waals surface area contributed by atoms with Crippen molar-refractivity contribution in [3.05, 3.63) is 29.1 Å². The van der Waals surface area contributed by atoms with Gasteiger partial charge >= 0.3 is 0 Å². The Morgan fingerprint density at radius 2 is 2.24 bits per heavy atom. The molecule has 0 radical (unpaired) electrons. The number of nitrogens with one attached hydrogen (secondary N) is 2. The summed E-state index contributed by atoms with van der Waals surface area (Å²) in [6.07, 6.45) is 1.09. The van der Waals surface area contributed by atoms with Crippen LogP contribution in [0, 0.1) is 0 Å².